The molecule has 3 saturated carbocycles. The second kappa shape index (κ2) is 14.2. The van der Waals surface area contributed by atoms with E-state index in [2.05, 4.69) is 9.64 Å². The van der Waals surface area contributed by atoms with Crippen molar-refractivity contribution >= 4 is 40.7 Å². The third-order valence-corrected chi connectivity index (χ3v) is 14.4. The van der Waals surface area contributed by atoms with Crippen molar-refractivity contribution in [3.8, 4) is 0 Å². The Bertz CT molecular complexity index is 884. The van der Waals surface area contributed by atoms with Crippen molar-refractivity contribution in [2.45, 2.75) is 130 Å². The van der Waals surface area contributed by atoms with Gasteiger partial charge in [-0.2, -0.15) is 0 Å². The number of nitrogens with zero attached hydrogens (tertiary/aromatic N) is 1. The van der Waals surface area contributed by atoms with Gasteiger partial charge >= 0.3 is 241 Å². The molecule has 0 aromatic heterocycles. The molecule has 38 heavy (non-hydrogen) atoms. The van der Waals surface area contributed by atoms with Gasteiger partial charge in [0.1, 0.15) is 0 Å². The van der Waals surface area contributed by atoms with Crippen molar-refractivity contribution in [1.82, 2.24) is 4.90 Å². The summed E-state index contributed by atoms with van der Waals surface area (Å²) in [4.78, 5) is 15.3. The molecule has 0 aromatic rings. The van der Waals surface area contributed by atoms with Gasteiger partial charge in [-0.3, -0.25) is 0 Å². The normalized spacial score (nSPS) is 37.3. The number of methoxy groups -OCH3 is 3. The van der Waals surface area contributed by atoms with Gasteiger partial charge in [0.15, 0.2) is 0 Å². The third-order valence-electron chi connectivity index (χ3n) is 9.56. The maximum atomic E-state index is 12.0. The fourth-order valence-electron chi connectivity index (χ4n) is 7.50. The molecule has 0 aromatic carbocycles. The topological polar surface area (TPSA) is 82.1 Å². The first kappa shape index (κ1) is 30.8. The average molecular weight is 639 g/mol. The minimum atomic E-state index is -4.11. The standard InChI is InChI=1S/C28H46ClNO6SSe/c1-34-23-12-8-21(9-13-23)30(22-10-14-24(35-2)15-11-22)20-6-4-19(5-7-20)27-17-16-25(38-27)18-26(28(31)36-3)37(29,32)33/h18-25,27H,4-17H2,1-3H3/b26-18+. The number of carbonyl (C=O) groups excluding carboxylic acids is 1. The van der Waals surface area contributed by atoms with Crippen LogP contribution in [0.1, 0.15) is 89.9 Å². The van der Waals surface area contributed by atoms with Crippen LogP contribution < -0.4 is 0 Å². The monoisotopic (exact) mass is 639 g/mol. The van der Waals surface area contributed by atoms with Gasteiger partial charge in [-0.25, -0.2) is 0 Å². The van der Waals surface area contributed by atoms with Gasteiger partial charge in [-0.1, -0.05) is 0 Å². The summed E-state index contributed by atoms with van der Waals surface area (Å²) >= 11 is 0.259. The molecule has 4 fully saturated rings. The van der Waals surface area contributed by atoms with Crippen LogP contribution in [-0.4, -0.2) is 85.9 Å². The molecule has 218 valence electrons. The maximum absolute atomic E-state index is 12.0. The number of esters is 1. The minimum absolute atomic E-state index is 0.122. The molecule has 7 nitrogen and oxygen atoms in total. The molecule has 2 atom stereocenters. The summed E-state index contributed by atoms with van der Waals surface area (Å²) in [6.07, 6.45) is 19.2. The molecule has 1 aliphatic heterocycles. The zero-order valence-electron chi connectivity index (χ0n) is 23.2. The van der Waals surface area contributed by atoms with Gasteiger partial charge in [0.25, 0.3) is 0 Å². The molecule has 4 aliphatic rings. The fourth-order valence-corrected chi connectivity index (χ4v) is 12.2. The van der Waals surface area contributed by atoms with E-state index < -0.39 is 15.0 Å². The average Bonchev–Trinajstić information content (AvgIpc) is 3.41. The van der Waals surface area contributed by atoms with Crippen molar-refractivity contribution in [2.24, 2.45) is 5.92 Å². The first-order valence-corrected chi connectivity index (χ1v) is 18.8. The second-order valence-corrected chi connectivity index (χ2v) is 17.2. The molecule has 0 spiro atoms. The van der Waals surface area contributed by atoms with Crippen molar-refractivity contribution in [3.63, 3.8) is 0 Å². The third kappa shape index (κ3) is 7.77. The van der Waals surface area contributed by atoms with E-state index in [1.807, 2.05) is 14.2 Å². The zero-order valence-corrected chi connectivity index (χ0v) is 26.5. The summed E-state index contributed by atoms with van der Waals surface area (Å²) in [6.45, 7) is 0. The van der Waals surface area contributed by atoms with E-state index in [0.717, 1.165) is 12.8 Å². The van der Waals surface area contributed by atoms with Crippen LogP contribution >= 0.6 is 10.7 Å². The quantitative estimate of drug-likeness (QED) is 0.144. The van der Waals surface area contributed by atoms with Crippen LogP contribution in [0, 0.1) is 5.92 Å². The van der Waals surface area contributed by atoms with Gasteiger partial charge < -0.3 is 0 Å². The Morgan fingerprint density at radius 1 is 0.763 bits per heavy atom. The number of hydrogen-bond acceptors (Lipinski definition) is 7. The first-order valence-electron chi connectivity index (χ1n) is 14.5. The Morgan fingerprint density at radius 3 is 1.66 bits per heavy atom. The van der Waals surface area contributed by atoms with Crippen LogP contribution in [-0.2, 0) is 28.1 Å². The Labute approximate surface area is 240 Å². The van der Waals surface area contributed by atoms with Crippen LogP contribution in [0.15, 0.2) is 11.0 Å². The van der Waals surface area contributed by atoms with Crippen molar-refractivity contribution in [2.75, 3.05) is 21.3 Å². The van der Waals surface area contributed by atoms with Crippen LogP contribution in [0.5, 0.6) is 0 Å². The SMILES string of the molecule is COC(=O)/C(=C\C1CCC(C2CCC(N(C3CCC(OC)CC3)C3CCC(OC)CC3)CC2)[Se]1)S(=O)(=O)Cl. The van der Waals surface area contributed by atoms with Crippen LogP contribution in [0.4, 0.5) is 0 Å². The van der Waals surface area contributed by atoms with Crippen molar-refractivity contribution < 1.29 is 27.4 Å². The van der Waals surface area contributed by atoms with E-state index >= 15 is 0 Å². The molecule has 0 amide bonds. The summed E-state index contributed by atoms with van der Waals surface area (Å²) in [5.74, 6) is -0.159. The van der Waals surface area contributed by atoms with E-state index in [1.54, 1.807) is 6.08 Å². The molecule has 0 N–H and O–H groups in total. The second-order valence-electron chi connectivity index (χ2n) is 11.6. The van der Waals surface area contributed by atoms with E-state index in [1.165, 1.54) is 84.2 Å². The van der Waals surface area contributed by atoms with Crippen LogP contribution in [0.3, 0.4) is 0 Å². The zero-order chi connectivity index (χ0) is 27.3. The Hall–Kier alpha value is -0.151. The number of halogens is 1. The van der Waals surface area contributed by atoms with Crippen molar-refractivity contribution in [3.05, 3.63) is 11.0 Å². The first-order chi connectivity index (χ1) is 18.2. The van der Waals surface area contributed by atoms with Crippen LogP contribution in [0.2, 0.25) is 9.63 Å². The van der Waals surface area contributed by atoms with Gasteiger partial charge in [-0.15, -0.1) is 0 Å². The number of ether oxygens (including phenoxy) is 3. The van der Waals surface area contributed by atoms with E-state index in [4.69, 9.17) is 20.2 Å². The molecule has 4 rings (SSSR count). The number of rotatable bonds is 9. The van der Waals surface area contributed by atoms with E-state index in [0.29, 0.717) is 41.1 Å². The number of hydrogen-bond donors (Lipinski definition) is 0. The fraction of sp³-hybridized carbons (Fsp3) is 0.893. The molecule has 2 unspecified atom stereocenters. The van der Waals surface area contributed by atoms with Crippen LogP contribution in [0.25, 0.3) is 0 Å². The Balaban J connectivity index is 1.36. The van der Waals surface area contributed by atoms with Gasteiger partial charge in [0.05, 0.1) is 0 Å². The molecular formula is C28H46ClNO6SSe. The Morgan fingerprint density at radius 2 is 1.24 bits per heavy atom. The van der Waals surface area contributed by atoms with Gasteiger partial charge in [-0.05, 0) is 0 Å². The van der Waals surface area contributed by atoms with E-state index in [-0.39, 0.29) is 24.7 Å². The summed E-state index contributed by atoms with van der Waals surface area (Å²) in [5.41, 5.74) is 0. The number of allylic oxidation sites excluding steroid dienone is 1. The molecule has 0 bridgehead atoms. The molecular weight excluding hydrogens is 593 g/mol. The molecule has 1 heterocycles. The van der Waals surface area contributed by atoms with Crippen molar-refractivity contribution in [1.29, 1.82) is 0 Å². The molecule has 1 saturated heterocycles. The molecule has 10 heteroatoms. The number of carbonyl (C=O) groups is 1. The predicted octanol–water partition coefficient (Wildman–Crippen LogP) is 5.46. The Kier molecular flexibility index (Phi) is 11.5. The molecule has 3 aliphatic carbocycles. The molecule has 0 radical (unpaired) electrons. The summed E-state index contributed by atoms with van der Waals surface area (Å²) in [6, 6.07) is 2.01. The van der Waals surface area contributed by atoms with E-state index in [9.17, 15) is 13.2 Å². The van der Waals surface area contributed by atoms with Gasteiger partial charge in [0.2, 0.25) is 0 Å². The summed E-state index contributed by atoms with van der Waals surface area (Å²) < 4.78 is 39.9. The predicted molar refractivity (Wildman–Crippen MR) is 151 cm³/mol. The summed E-state index contributed by atoms with van der Waals surface area (Å²) in [7, 11) is 6.32. The summed E-state index contributed by atoms with van der Waals surface area (Å²) in [5, 5.41) is 0. The van der Waals surface area contributed by atoms with Gasteiger partial charge in [0, 0.05) is 0 Å².